The number of aliphatic hydroxyl groups excluding tert-OH is 3. The highest BCUT2D eigenvalue weighted by atomic mass is 16.7. The third-order valence-electron chi connectivity index (χ3n) is 21.2. The zero-order valence-electron chi connectivity index (χ0n) is 41.6. The minimum Gasteiger partial charge on any atom is -0.469 e. The fraction of sp³-hybridized carbons (Fsp3) is 0.737. The largest absolute Gasteiger partial charge is 0.469 e. The molecule has 4 aliphatic carbocycles. The Morgan fingerprint density at radius 3 is 2.60 bits per heavy atom. The molecule has 19 atom stereocenters. The van der Waals surface area contributed by atoms with E-state index in [2.05, 4.69) is 67.5 Å². The van der Waals surface area contributed by atoms with Crippen molar-refractivity contribution in [2.45, 2.75) is 165 Å². The third kappa shape index (κ3) is 6.71. The lowest BCUT2D eigenvalue weighted by Crippen LogP contribution is -2.79. The van der Waals surface area contributed by atoms with Crippen LogP contribution in [0, 0.1) is 69.5 Å². The van der Waals surface area contributed by atoms with Crippen molar-refractivity contribution in [1.82, 2.24) is 10.2 Å². The predicted octanol–water partition coefficient (Wildman–Crippen LogP) is 6.86. The maximum Gasteiger partial charge on any atom is 0.339 e. The minimum atomic E-state index is -1.48. The van der Waals surface area contributed by atoms with Gasteiger partial charge in [-0.25, -0.2) is 4.79 Å². The van der Waals surface area contributed by atoms with Gasteiger partial charge in [-0.2, -0.15) is 0 Å². The SMILES string of the molecule is CC(C)CCC1(C)OC2CC(=O)OCC23C1C(=O)C(O)C1(C2CCCC(Cc4ccccc4)C2)C3CCC2(C)C(c3ccoc3CC(C(O)CO)C3CCC4C(C=CN5CNCC45)C3)OC(=O)C3OC321. The second kappa shape index (κ2) is 17.3. The molecule has 9 fully saturated rings. The maximum atomic E-state index is 16.1. The summed E-state index contributed by atoms with van der Waals surface area (Å²) < 4.78 is 33.6. The summed E-state index contributed by atoms with van der Waals surface area (Å²) in [5, 5.41) is 39.5. The number of hydrogen-bond donors (Lipinski definition) is 4. The molecule has 6 aliphatic heterocycles. The van der Waals surface area contributed by atoms with Crippen LogP contribution in [0.5, 0.6) is 0 Å². The molecule has 380 valence electrons. The maximum absolute atomic E-state index is 16.1. The number of aliphatic hydroxyl groups is 3. The van der Waals surface area contributed by atoms with Crippen molar-refractivity contribution in [1.29, 1.82) is 0 Å². The van der Waals surface area contributed by atoms with Crippen LogP contribution < -0.4 is 5.32 Å². The minimum absolute atomic E-state index is 0.0175. The van der Waals surface area contributed by atoms with Gasteiger partial charge < -0.3 is 43.6 Å². The van der Waals surface area contributed by atoms with Gasteiger partial charge in [-0.3, -0.25) is 14.9 Å². The van der Waals surface area contributed by atoms with E-state index in [-0.39, 0.29) is 61.0 Å². The lowest BCUT2D eigenvalue weighted by molar-refractivity contribution is -0.276. The van der Waals surface area contributed by atoms with Gasteiger partial charge in [0.2, 0.25) is 0 Å². The first-order chi connectivity index (χ1) is 33.7. The summed E-state index contributed by atoms with van der Waals surface area (Å²) in [6.45, 7) is 9.98. The molecule has 70 heavy (non-hydrogen) atoms. The van der Waals surface area contributed by atoms with Crippen LogP contribution in [-0.4, -0.2) is 106 Å². The zero-order valence-corrected chi connectivity index (χ0v) is 41.6. The molecular weight excluding hydrogens is 889 g/mol. The smallest absolute Gasteiger partial charge is 0.339 e. The van der Waals surface area contributed by atoms with E-state index < -0.39 is 69.9 Å². The topological polar surface area (TPSA) is 181 Å². The Morgan fingerprint density at radius 1 is 0.971 bits per heavy atom. The number of ether oxygens (including phenoxy) is 4. The van der Waals surface area contributed by atoms with Crippen LogP contribution in [0.3, 0.4) is 0 Å². The molecule has 2 spiro atoms. The van der Waals surface area contributed by atoms with Crippen LogP contribution in [0.15, 0.2) is 59.4 Å². The number of furan rings is 1. The van der Waals surface area contributed by atoms with E-state index in [9.17, 15) is 24.9 Å². The molecule has 19 unspecified atom stereocenters. The molecular formula is C57H76N2O11. The van der Waals surface area contributed by atoms with Crippen molar-refractivity contribution >= 4 is 17.7 Å². The summed E-state index contributed by atoms with van der Waals surface area (Å²) >= 11 is 0. The summed E-state index contributed by atoms with van der Waals surface area (Å²) in [4.78, 5) is 46.8. The number of epoxide rings is 1. The van der Waals surface area contributed by atoms with Gasteiger partial charge in [0.25, 0.3) is 0 Å². The highest BCUT2D eigenvalue weighted by molar-refractivity contribution is 5.92. The molecule has 0 bridgehead atoms. The number of esters is 2. The third-order valence-corrected chi connectivity index (χ3v) is 21.2. The molecule has 4 N–H and O–H groups in total. The normalized spacial score (nSPS) is 45.5. The Hall–Kier alpha value is -3.59. The van der Waals surface area contributed by atoms with Crippen LogP contribution in [0.2, 0.25) is 0 Å². The lowest BCUT2D eigenvalue weighted by Gasteiger charge is -2.70. The van der Waals surface area contributed by atoms with E-state index in [1.54, 1.807) is 6.26 Å². The van der Waals surface area contributed by atoms with Gasteiger partial charge in [0.15, 0.2) is 11.9 Å². The standard InChI is InChI=1S/C57H76N2O11/c1-32(2)15-20-54(4)48-47(63)49(64)56(37-12-8-11-34(24-37)23-33-9-6-5-7-10-33)44(55(48)30-67-46(62)27-45(55)69-54)16-19-53(3)50(68-52(65)51-57(53,56)70-51)39-18-22-66-43(39)26-40(42(61)29-60)35-13-14-38-36(25-35)17-21-59-31-58-28-41(38)59/h5-7,9-10,17-18,21-22,32,34-38,40-42,44-45,48-51,58,60-61,64H,8,11-16,19-20,23-31H2,1-4H3. The average molecular weight is 965 g/mol. The van der Waals surface area contributed by atoms with Crippen molar-refractivity contribution in [3.8, 4) is 0 Å². The van der Waals surface area contributed by atoms with E-state index >= 15 is 4.79 Å². The van der Waals surface area contributed by atoms with E-state index in [1.807, 2.05) is 19.1 Å². The lowest BCUT2D eigenvalue weighted by atomic mass is 9.32. The van der Waals surface area contributed by atoms with Crippen molar-refractivity contribution in [2.24, 2.45) is 69.5 Å². The second-order valence-electron chi connectivity index (χ2n) is 24.8. The Morgan fingerprint density at radius 2 is 1.80 bits per heavy atom. The van der Waals surface area contributed by atoms with Crippen molar-refractivity contribution in [3.63, 3.8) is 0 Å². The van der Waals surface area contributed by atoms with Crippen molar-refractivity contribution in [3.05, 3.63) is 71.8 Å². The van der Waals surface area contributed by atoms with Gasteiger partial charge in [0, 0.05) is 40.8 Å². The Labute approximate surface area is 412 Å². The molecule has 1 aromatic heterocycles. The molecule has 4 saturated carbocycles. The molecule has 12 rings (SSSR count). The monoisotopic (exact) mass is 965 g/mol. The number of fused-ring (bicyclic) bond motifs is 4. The number of nitrogens with one attached hydrogen (secondary N) is 1. The number of rotatable bonds is 12. The van der Waals surface area contributed by atoms with Crippen LogP contribution in [0.1, 0.15) is 128 Å². The van der Waals surface area contributed by atoms with Crippen LogP contribution in [0.25, 0.3) is 0 Å². The first-order valence-electron chi connectivity index (χ1n) is 27.2. The first kappa shape index (κ1) is 47.4. The fourth-order valence-electron chi connectivity index (χ4n) is 18.3. The number of allylic oxidation sites excluding steroid dienone is 1. The van der Waals surface area contributed by atoms with E-state index in [4.69, 9.17) is 23.4 Å². The molecule has 0 amide bonds. The zero-order chi connectivity index (χ0) is 48.5. The van der Waals surface area contributed by atoms with Crippen LogP contribution >= 0.6 is 0 Å². The van der Waals surface area contributed by atoms with Gasteiger partial charge >= 0.3 is 11.9 Å². The van der Waals surface area contributed by atoms with E-state index in [1.165, 1.54) is 5.56 Å². The summed E-state index contributed by atoms with van der Waals surface area (Å²) in [5.41, 5.74) is -3.43. The van der Waals surface area contributed by atoms with Crippen LogP contribution in [0.4, 0.5) is 0 Å². The highest BCUT2D eigenvalue weighted by Gasteiger charge is 2.93. The van der Waals surface area contributed by atoms with Crippen molar-refractivity contribution in [2.75, 3.05) is 26.4 Å². The van der Waals surface area contributed by atoms with Gasteiger partial charge in [-0.15, -0.1) is 0 Å². The molecule has 0 radical (unpaired) electrons. The van der Waals surface area contributed by atoms with Gasteiger partial charge in [0.1, 0.15) is 30.2 Å². The van der Waals surface area contributed by atoms with Crippen LogP contribution in [-0.2, 0) is 46.2 Å². The molecule has 2 aromatic rings. The Balaban J connectivity index is 0.950. The number of hydrogen-bond acceptors (Lipinski definition) is 13. The first-order valence-corrected chi connectivity index (χ1v) is 27.2. The summed E-state index contributed by atoms with van der Waals surface area (Å²) in [5.74, 6) is -0.504. The van der Waals surface area contributed by atoms with E-state index in [0.29, 0.717) is 60.8 Å². The van der Waals surface area contributed by atoms with E-state index in [0.717, 1.165) is 71.0 Å². The summed E-state index contributed by atoms with van der Waals surface area (Å²) in [6, 6.07) is 12.9. The predicted molar refractivity (Wildman–Crippen MR) is 256 cm³/mol. The second-order valence-corrected chi connectivity index (χ2v) is 24.8. The molecule has 5 saturated heterocycles. The molecule has 10 aliphatic rings. The number of Topliss-reactive ketones (excluding diaryl/α,β-unsaturated/α-hetero) is 1. The number of carbonyl (C=O) groups excluding carboxylic acids is 3. The number of benzene rings is 1. The van der Waals surface area contributed by atoms with Gasteiger partial charge in [-0.1, -0.05) is 70.0 Å². The molecule has 13 nitrogen and oxygen atoms in total. The number of ketones is 1. The fourth-order valence-corrected chi connectivity index (χ4v) is 18.3. The number of nitrogens with zero attached hydrogens (tertiary/aromatic N) is 1. The molecule has 7 heterocycles. The summed E-state index contributed by atoms with van der Waals surface area (Å²) in [6.07, 6.45) is 11.3. The van der Waals surface area contributed by atoms with Crippen molar-refractivity contribution < 1.29 is 53.1 Å². The number of cyclic esters (lactones) is 2. The molecule has 1 aromatic carbocycles. The highest BCUT2D eigenvalue weighted by Crippen LogP contribution is 2.83. The summed E-state index contributed by atoms with van der Waals surface area (Å²) in [7, 11) is 0. The Kier molecular flexibility index (Phi) is 11.7. The van der Waals surface area contributed by atoms with Gasteiger partial charge in [0.05, 0.1) is 49.7 Å². The Bertz CT molecular complexity index is 2370. The quantitative estimate of drug-likeness (QED) is 0.128. The average Bonchev–Trinajstić information content (AvgIpc) is 3.58. The molecule has 13 heteroatoms. The van der Waals surface area contributed by atoms with Gasteiger partial charge in [-0.05, 0) is 136 Å². The number of carbonyl (C=O) groups is 3.